The lowest BCUT2D eigenvalue weighted by Gasteiger charge is -2.46. The normalized spacial score (nSPS) is 39.6. The molecule has 0 aromatic rings. The van der Waals surface area contributed by atoms with Gasteiger partial charge in [-0.3, -0.25) is 14.2 Å². The molecule has 1 fully saturated rings. The van der Waals surface area contributed by atoms with E-state index in [1.165, 1.54) is 0 Å². The molecule has 9 nitrogen and oxygen atoms in total. The number of hydrogen-bond acceptors (Lipinski definition) is 9. The summed E-state index contributed by atoms with van der Waals surface area (Å²) in [6.07, 6.45) is -5.51. The number of carbonyl (C=O) groups excluding carboxylic acids is 2. The van der Waals surface area contributed by atoms with E-state index in [2.05, 4.69) is 4.74 Å². The van der Waals surface area contributed by atoms with Crippen molar-refractivity contribution in [2.24, 2.45) is 0 Å². The largest absolute Gasteiger partial charge is 0.462 e. The van der Waals surface area contributed by atoms with Crippen LogP contribution < -0.4 is 0 Å². The average Bonchev–Trinajstić information content (AvgIpc) is 2.40. The summed E-state index contributed by atoms with van der Waals surface area (Å²) in [5.74, 6) is -1.52. The molecule has 3 N–H and O–H groups in total. The van der Waals surface area contributed by atoms with Gasteiger partial charge in [-0.1, -0.05) is 0 Å². The smallest absolute Gasteiger partial charge is 0.303 e. The summed E-state index contributed by atoms with van der Waals surface area (Å²) in [6, 6.07) is 0. The molecular formula is C11H19O9P. The summed E-state index contributed by atoms with van der Waals surface area (Å²) in [6.45, 7) is 1.32. The number of rotatable bonds is 4. The molecule has 5 atom stereocenters. The molecule has 0 spiro atoms. The Balaban J connectivity index is 3.11. The molecule has 2 unspecified atom stereocenters. The Morgan fingerprint density at radius 2 is 1.86 bits per heavy atom. The van der Waals surface area contributed by atoms with E-state index in [9.17, 15) is 29.5 Å². The highest BCUT2D eigenvalue weighted by molar-refractivity contribution is 7.60. The molecule has 10 heteroatoms. The number of aliphatic hydroxyl groups excluding tert-OH is 2. The fraction of sp³-hybridized carbons (Fsp3) is 0.818. The van der Waals surface area contributed by atoms with Gasteiger partial charge in [0.1, 0.15) is 24.9 Å². The molecule has 0 radical (unpaired) electrons. The van der Waals surface area contributed by atoms with Gasteiger partial charge in [-0.05, 0) is 0 Å². The van der Waals surface area contributed by atoms with E-state index in [0.29, 0.717) is 0 Å². The summed E-state index contributed by atoms with van der Waals surface area (Å²) in [7, 11) is -2.95. The first-order valence-electron chi connectivity index (χ1n) is 6.11. The number of hydrogen-bond donors (Lipinski definition) is 3. The minimum absolute atomic E-state index is 0.515. The topological polar surface area (TPSA) is 140 Å². The zero-order valence-corrected chi connectivity index (χ0v) is 12.8. The van der Waals surface area contributed by atoms with Crippen molar-refractivity contribution in [3.63, 3.8) is 0 Å². The van der Waals surface area contributed by atoms with Crippen LogP contribution in [0.5, 0.6) is 0 Å². The van der Waals surface area contributed by atoms with E-state index in [1.54, 1.807) is 0 Å². The van der Waals surface area contributed by atoms with Crippen LogP contribution in [0, 0.1) is 0 Å². The maximum Gasteiger partial charge on any atom is 0.303 e. The van der Waals surface area contributed by atoms with Crippen LogP contribution >= 0.6 is 7.37 Å². The van der Waals surface area contributed by atoms with E-state index in [-0.39, 0.29) is 0 Å². The van der Waals surface area contributed by atoms with Crippen molar-refractivity contribution in [1.29, 1.82) is 0 Å². The lowest BCUT2D eigenvalue weighted by atomic mass is 10.0. The second kappa shape index (κ2) is 6.41. The van der Waals surface area contributed by atoms with E-state index in [0.717, 1.165) is 21.0 Å². The highest BCUT2D eigenvalue weighted by Gasteiger charge is 2.63. The maximum absolute atomic E-state index is 12.7. The minimum atomic E-state index is -3.99. The quantitative estimate of drug-likeness (QED) is 0.430. The first kappa shape index (κ1) is 18.1. The SMILES string of the molecule is COP1(=O)C[C@@H](OC(C)=O)[C@H](O)[C@H](O)C1(O)COC(C)=O. The van der Waals surface area contributed by atoms with E-state index in [1.807, 2.05) is 0 Å². The van der Waals surface area contributed by atoms with Crippen LogP contribution in [0.2, 0.25) is 0 Å². The molecule has 0 amide bonds. The zero-order valence-electron chi connectivity index (χ0n) is 11.9. The summed E-state index contributed by atoms with van der Waals surface area (Å²) >= 11 is 0. The third kappa shape index (κ3) is 3.44. The summed E-state index contributed by atoms with van der Waals surface area (Å²) in [5, 5.41) is 27.9. The molecule has 1 aliphatic heterocycles. The van der Waals surface area contributed by atoms with Gasteiger partial charge in [0.25, 0.3) is 0 Å². The summed E-state index contributed by atoms with van der Waals surface area (Å²) < 4.78 is 26.9. The Morgan fingerprint density at radius 1 is 1.29 bits per heavy atom. The van der Waals surface area contributed by atoms with E-state index < -0.39 is 55.7 Å². The predicted molar refractivity (Wildman–Crippen MR) is 68.6 cm³/mol. The second-order valence-corrected chi connectivity index (χ2v) is 7.63. The van der Waals surface area contributed by atoms with Gasteiger partial charge in [-0.15, -0.1) is 0 Å². The van der Waals surface area contributed by atoms with Gasteiger partial charge in [-0.25, -0.2) is 0 Å². The molecule has 0 aromatic carbocycles. The van der Waals surface area contributed by atoms with Crippen molar-refractivity contribution in [3.05, 3.63) is 0 Å². The molecule has 1 heterocycles. The minimum Gasteiger partial charge on any atom is -0.462 e. The Bertz CT molecular complexity index is 465. The highest BCUT2D eigenvalue weighted by atomic mass is 31.2. The van der Waals surface area contributed by atoms with Gasteiger partial charge >= 0.3 is 11.9 Å². The third-order valence-electron chi connectivity index (χ3n) is 3.29. The molecule has 0 aliphatic carbocycles. The molecule has 122 valence electrons. The second-order valence-electron chi connectivity index (χ2n) is 4.78. The fourth-order valence-corrected chi connectivity index (χ4v) is 4.49. The van der Waals surface area contributed by atoms with Gasteiger partial charge in [-0.2, -0.15) is 0 Å². The lowest BCUT2D eigenvalue weighted by Crippen LogP contribution is -2.61. The summed E-state index contributed by atoms with van der Waals surface area (Å²) in [4.78, 5) is 21.8. The highest BCUT2D eigenvalue weighted by Crippen LogP contribution is 2.62. The van der Waals surface area contributed by atoms with Crippen LogP contribution in [0.15, 0.2) is 0 Å². The fourth-order valence-electron chi connectivity index (χ4n) is 2.13. The zero-order chi connectivity index (χ0) is 16.4. The first-order valence-corrected chi connectivity index (χ1v) is 7.92. The Kier molecular flexibility index (Phi) is 5.51. The Labute approximate surface area is 121 Å². The molecule has 1 saturated heterocycles. The van der Waals surface area contributed by atoms with Crippen LogP contribution in [0.1, 0.15) is 13.8 Å². The van der Waals surface area contributed by atoms with Crippen LogP contribution in [-0.2, 0) is 28.2 Å². The standard InChI is InChI=1S/C11H19O9P/c1-6(12)19-5-11(16)10(15)9(14)8(20-7(2)13)4-21(11,17)18-3/h8-10,14-16H,4-5H2,1-3H3/t8-,9+,10+,11?,21?/m1/s1. The lowest BCUT2D eigenvalue weighted by molar-refractivity contribution is -0.177. The number of ether oxygens (including phenoxy) is 2. The molecule has 1 rings (SSSR count). The van der Waals surface area contributed by atoms with Crippen LogP contribution in [0.3, 0.4) is 0 Å². The number of esters is 2. The van der Waals surface area contributed by atoms with Crippen molar-refractivity contribution in [1.82, 2.24) is 0 Å². The molecule has 1 aliphatic rings. The number of carbonyl (C=O) groups is 2. The van der Waals surface area contributed by atoms with Gasteiger partial charge in [0, 0.05) is 21.0 Å². The first-order chi connectivity index (χ1) is 9.57. The van der Waals surface area contributed by atoms with Gasteiger partial charge in [0.05, 0.1) is 6.16 Å². The maximum atomic E-state index is 12.7. The summed E-state index contributed by atoms with van der Waals surface area (Å²) in [5.41, 5.74) is 0. The number of aliphatic hydroxyl groups is 3. The third-order valence-corrected chi connectivity index (χ3v) is 6.29. The van der Waals surface area contributed by atoms with E-state index in [4.69, 9.17) is 9.26 Å². The average molecular weight is 326 g/mol. The van der Waals surface area contributed by atoms with Crippen molar-refractivity contribution < 1.29 is 43.5 Å². The van der Waals surface area contributed by atoms with Crippen LogP contribution in [-0.4, -0.2) is 70.8 Å². The van der Waals surface area contributed by atoms with Crippen LogP contribution in [0.25, 0.3) is 0 Å². The Hall–Kier alpha value is -0.990. The van der Waals surface area contributed by atoms with Crippen molar-refractivity contribution in [2.45, 2.75) is 37.5 Å². The van der Waals surface area contributed by atoms with E-state index >= 15 is 0 Å². The molecule has 0 aromatic heterocycles. The predicted octanol–water partition coefficient (Wildman–Crippen LogP) is -1.17. The molecule has 0 saturated carbocycles. The molecule has 0 bridgehead atoms. The monoisotopic (exact) mass is 326 g/mol. The van der Waals surface area contributed by atoms with Crippen molar-refractivity contribution >= 4 is 19.3 Å². The van der Waals surface area contributed by atoms with Crippen molar-refractivity contribution in [3.8, 4) is 0 Å². The van der Waals surface area contributed by atoms with Gasteiger partial charge in [0.2, 0.25) is 12.7 Å². The molecule has 21 heavy (non-hydrogen) atoms. The molecular weight excluding hydrogens is 307 g/mol. The van der Waals surface area contributed by atoms with Crippen molar-refractivity contribution in [2.75, 3.05) is 19.9 Å². The Morgan fingerprint density at radius 3 is 2.29 bits per heavy atom. The van der Waals surface area contributed by atoms with Gasteiger partial charge < -0.3 is 29.3 Å². The van der Waals surface area contributed by atoms with Crippen LogP contribution in [0.4, 0.5) is 0 Å². The van der Waals surface area contributed by atoms with Gasteiger partial charge in [0.15, 0.2) is 0 Å².